The summed E-state index contributed by atoms with van der Waals surface area (Å²) < 4.78 is 6.88. The van der Waals surface area contributed by atoms with Crippen molar-refractivity contribution < 1.29 is 9.53 Å². The summed E-state index contributed by atoms with van der Waals surface area (Å²) in [6.07, 6.45) is 0. The monoisotopic (exact) mass is 288 g/mol. The number of ether oxygens (including phenoxy) is 1. The van der Waals surface area contributed by atoms with Crippen LogP contribution in [0.4, 0.5) is 0 Å². The van der Waals surface area contributed by atoms with Gasteiger partial charge in [0.15, 0.2) is 0 Å². The first-order chi connectivity index (χ1) is 7.20. The number of esters is 1. The van der Waals surface area contributed by atoms with Gasteiger partial charge >= 0.3 is 98.5 Å². The van der Waals surface area contributed by atoms with Gasteiger partial charge in [-0.2, -0.15) is 0 Å². The van der Waals surface area contributed by atoms with Crippen LogP contribution >= 0.6 is 11.6 Å². The summed E-state index contributed by atoms with van der Waals surface area (Å²) in [5, 5.41) is 1.80. The summed E-state index contributed by atoms with van der Waals surface area (Å²) in [7, 11) is 0. The molecule has 2 rings (SSSR count). The number of benzene rings is 1. The zero-order valence-corrected chi connectivity index (χ0v) is 10.6. The molecule has 15 heavy (non-hydrogen) atoms. The van der Waals surface area contributed by atoms with Crippen molar-refractivity contribution in [3.63, 3.8) is 0 Å². The van der Waals surface area contributed by atoms with Crippen LogP contribution in [0.1, 0.15) is 16.2 Å². The molecule has 0 atom stereocenters. The SMILES string of the molecule is CCOC(=O)c1cc2ccc(Cl)cc2[se]1. The summed E-state index contributed by atoms with van der Waals surface area (Å²) in [5.41, 5.74) is 0. The van der Waals surface area contributed by atoms with E-state index in [1.165, 1.54) is 0 Å². The Morgan fingerprint density at radius 3 is 3.00 bits per heavy atom. The van der Waals surface area contributed by atoms with Gasteiger partial charge in [-0.1, -0.05) is 0 Å². The minimum absolute atomic E-state index is 0.0342. The second-order valence-corrected chi connectivity index (χ2v) is 5.72. The fourth-order valence-corrected chi connectivity index (χ4v) is 3.72. The number of carbonyl (C=O) groups is 1. The Labute approximate surface area is 98.5 Å². The summed E-state index contributed by atoms with van der Waals surface area (Å²) in [6, 6.07) is 7.58. The van der Waals surface area contributed by atoms with Gasteiger partial charge in [-0.15, -0.1) is 0 Å². The van der Waals surface area contributed by atoms with E-state index in [0.29, 0.717) is 11.6 Å². The van der Waals surface area contributed by atoms with Gasteiger partial charge in [0.05, 0.1) is 0 Å². The first-order valence-corrected chi connectivity index (χ1v) is 6.66. The minimum atomic E-state index is -0.204. The van der Waals surface area contributed by atoms with Gasteiger partial charge in [-0.05, 0) is 0 Å². The molecule has 0 saturated heterocycles. The number of hydrogen-bond acceptors (Lipinski definition) is 2. The van der Waals surface area contributed by atoms with E-state index >= 15 is 0 Å². The Morgan fingerprint density at radius 2 is 2.27 bits per heavy atom. The second-order valence-electron chi connectivity index (χ2n) is 3.01. The van der Waals surface area contributed by atoms with Gasteiger partial charge in [-0.3, -0.25) is 0 Å². The van der Waals surface area contributed by atoms with Gasteiger partial charge in [0.25, 0.3) is 0 Å². The number of rotatable bonds is 2. The average Bonchev–Trinajstić information content (AvgIpc) is 2.60. The van der Waals surface area contributed by atoms with Gasteiger partial charge in [-0.25, -0.2) is 0 Å². The molecule has 0 N–H and O–H groups in total. The third kappa shape index (κ3) is 2.25. The quantitative estimate of drug-likeness (QED) is 0.627. The number of fused-ring (bicyclic) bond motifs is 1. The summed E-state index contributed by atoms with van der Waals surface area (Å²) in [6.45, 7) is 2.23. The molecule has 0 fully saturated rings. The van der Waals surface area contributed by atoms with E-state index in [4.69, 9.17) is 16.3 Å². The molecule has 1 heterocycles. The van der Waals surface area contributed by atoms with Crippen LogP contribution in [0, 0.1) is 0 Å². The zero-order chi connectivity index (χ0) is 10.8. The van der Waals surface area contributed by atoms with Crippen molar-refractivity contribution >= 4 is 41.7 Å². The summed E-state index contributed by atoms with van der Waals surface area (Å²) in [5.74, 6) is -0.204. The third-order valence-corrected chi connectivity index (χ3v) is 4.46. The van der Waals surface area contributed by atoms with Crippen molar-refractivity contribution in [3.8, 4) is 0 Å². The molecule has 2 nitrogen and oxygen atoms in total. The molecule has 0 unspecified atom stereocenters. The van der Waals surface area contributed by atoms with E-state index in [-0.39, 0.29) is 20.5 Å². The molecule has 2 aromatic rings. The van der Waals surface area contributed by atoms with Crippen LogP contribution in [0.25, 0.3) is 9.65 Å². The maximum absolute atomic E-state index is 11.5. The molecule has 0 saturated carbocycles. The van der Waals surface area contributed by atoms with Crippen LogP contribution < -0.4 is 0 Å². The van der Waals surface area contributed by atoms with Crippen LogP contribution in [-0.4, -0.2) is 27.1 Å². The van der Waals surface area contributed by atoms with E-state index in [2.05, 4.69) is 0 Å². The van der Waals surface area contributed by atoms with E-state index in [1.54, 1.807) is 0 Å². The van der Waals surface area contributed by atoms with Crippen LogP contribution in [0.15, 0.2) is 24.3 Å². The summed E-state index contributed by atoms with van der Waals surface area (Å²) >= 11 is 5.92. The first kappa shape index (κ1) is 10.7. The predicted octanol–water partition coefficient (Wildman–Crippen LogP) is 2.73. The number of hydrogen-bond donors (Lipinski definition) is 0. The van der Waals surface area contributed by atoms with Crippen LogP contribution in [0.5, 0.6) is 0 Å². The van der Waals surface area contributed by atoms with Crippen molar-refractivity contribution in [2.45, 2.75) is 6.92 Å². The number of halogens is 1. The van der Waals surface area contributed by atoms with E-state index in [9.17, 15) is 4.79 Å². The van der Waals surface area contributed by atoms with Gasteiger partial charge in [0, 0.05) is 0 Å². The molecular weight excluding hydrogens is 279 g/mol. The van der Waals surface area contributed by atoms with Crippen molar-refractivity contribution in [3.05, 3.63) is 33.7 Å². The fourth-order valence-electron chi connectivity index (χ4n) is 1.31. The van der Waals surface area contributed by atoms with E-state index in [0.717, 1.165) is 14.1 Å². The topological polar surface area (TPSA) is 26.3 Å². The predicted molar refractivity (Wildman–Crippen MR) is 61.9 cm³/mol. The fraction of sp³-hybridized carbons (Fsp3) is 0.182. The second kappa shape index (κ2) is 4.40. The first-order valence-electron chi connectivity index (χ1n) is 4.57. The van der Waals surface area contributed by atoms with Gasteiger partial charge in [0.2, 0.25) is 0 Å². The molecule has 0 amide bonds. The molecule has 0 aliphatic heterocycles. The van der Waals surface area contributed by atoms with Gasteiger partial charge < -0.3 is 0 Å². The number of carbonyl (C=O) groups excluding carboxylic acids is 1. The molecule has 0 radical (unpaired) electrons. The molecular formula is C11H9ClO2Se. The van der Waals surface area contributed by atoms with Crippen molar-refractivity contribution in [1.29, 1.82) is 0 Å². The zero-order valence-electron chi connectivity index (χ0n) is 8.12. The van der Waals surface area contributed by atoms with Crippen LogP contribution in [0.3, 0.4) is 0 Å². The molecule has 0 aliphatic carbocycles. The molecule has 0 spiro atoms. The standard InChI is InChI=1S/C11H9ClO2Se/c1-2-14-11(13)10-5-7-3-4-8(12)6-9(7)15-10/h3-6H,2H2,1H3. The summed E-state index contributed by atoms with van der Waals surface area (Å²) in [4.78, 5) is 11.5. The molecule has 1 aromatic carbocycles. The third-order valence-electron chi connectivity index (χ3n) is 1.96. The Bertz CT molecular complexity index is 504. The van der Waals surface area contributed by atoms with E-state index < -0.39 is 0 Å². The molecule has 1 aromatic heterocycles. The van der Waals surface area contributed by atoms with Crippen LogP contribution in [-0.2, 0) is 4.74 Å². The van der Waals surface area contributed by atoms with Crippen molar-refractivity contribution in [1.82, 2.24) is 0 Å². The Balaban J connectivity index is 2.42. The Morgan fingerprint density at radius 1 is 1.47 bits per heavy atom. The molecule has 4 heteroatoms. The molecule has 78 valence electrons. The molecule has 0 aliphatic rings. The van der Waals surface area contributed by atoms with Crippen LogP contribution in [0.2, 0.25) is 5.02 Å². The van der Waals surface area contributed by atoms with Crippen molar-refractivity contribution in [2.75, 3.05) is 6.61 Å². The maximum atomic E-state index is 11.5. The van der Waals surface area contributed by atoms with E-state index in [1.807, 2.05) is 31.2 Å². The average molecular weight is 288 g/mol. The Hall–Kier alpha value is -0.761. The normalized spacial score (nSPS) is 10.5. The van der Waals surface area contributed by atoms with Crippen molar-refractivity contribution in [2.24, 2.45) is 0 Å². The molecule has 0 bridgehead atoms. The van der Waals surface area contributed by atoms with Gasteiger partial charge in [0.1, 0.15) is 0 Å². The Kier molecular flexibility index (Phi) is 3.15.